The van der Waals surface area contributed by atoms with Crippen LogP contribution >= 0.6 is 0 Å². The number of carbonyl (C=O) groups excluding carboxylic acids is 2. The van der Waals surface area contributed by atoms with Gasteiger partial charge in [-0.05, 0) is 92.3 Å². The van der Waals surface area contributed by atoms with Crippen molar-refractivity contribution in [2.45, 2.75) is 44.7 Å². The molecule has 3 atom stereocenters. The summed E-state index contributed by atoms with van der Waals surface area (Å²) in [5.74, 6) is 0.424. The summed E-state index contributed by atoms with van der Waals surface area (Å²) in [6, 6.07) is 20.3. The van der Waals surface area contributed by atoms with Crippen molar-refractivity contribution in [3.8, 4) is 11.5 Å². The third kappa shape index (κ3) is 5.73. The van der Waals surface area contributed by atoms with Gasteiger partial charge in [0.05, 0.1) is 25.6 Å². The van der Waals surface area contributed by atoms with E-state index in [1.54, 1.807) is 47.4 Å². The van der Waals surface area contributed by atoms with Gasteiger partial charge in [0, 0.05) is 66.2 Å². The summed E-state index contributed by atoms with van der Waals surface area (Å²) >= 11 is 0. The molecule has 242 valence electrons. The Morgan fingerprint density at radius 2 is 1.64 bits per heavy atom. The number of pyridine rings is 1. The molecule has 2 amide bonds. The van der Waals surface area contributed by atoms with Crippen molar-refractivity contribution in [1.29, 1.82) is 0 Å². The maximum absolute atomic E-state index is 14.2. The maximum atomic E-state index is 14.2. The third-order valence-electron chi connectivity index (χ3n) is 9.72. The number of fused-ring (bicyclic) bond motifs is 5. The van der Waals surface area contributed by atoms with Crippen LogP contribution < -0.4 is 30.1 Å². The van der Waals surface area contributed by atoms with E-state index in [0.717, 1.165) is 23.4 Å². The molecule has 1 saturated heterocycles. The molecule has 4 aromatic rings. The molecule has 2 bridgehead atoms. The van der Waals surface area contributed by atoms with Crippen molar-refractivity contribution >= 4 is 28.9 Å². The van der Waals surface area contributed by atoms with Crippen LogP contribution in [0, 0.1) is 11.7 Å². The number of aryl methyl sites for hydroxylation is 1. The number of ether oxygens (including phenoxy) is 2. The number of aromatic nitrogens is 1. The first-order valence-electron chi connectivity index (χ1n) is 16.0. The van der Waals surface area contributed by atoms with Crippen molar-refractivity contribution in [2.75, 3.05) is 42.4 Å². The average molecular weight is 637 g/mol. The quantitative estimate of drug-likeness (QED) is 0.285. The van der Waals surface area contributed by atoms with E-state index >= 15 is 0 Å². The van der Waals surface area contributed by atoms with E-state index in [1.165, 1.54) is 26.4 Å². The molecule has 9 nitrogen and oxygen atoms in total. The Balaban J connectivity index is 1.27. The number of nitrogens with one attached hydrogen (secondary N) is 1. The Labute approximate surface area is 272 Å². The number of piperidine rings is 1. The van der Waals surface area contributed by atoms with Gasteiger partial charge in [0.1, 0.15) is 17.3 Å². The molecule has 4 heterocycles. The van der Waals surface area contributed by atoms with Crippen molar-refractivity contribution in [1.82, 2.24) is 4.57 Å². The van der Waals surface area contributed by atoms with Crippen molar-refractivity contribution in [3.63, 3.8) is 0 Å². The molecule has 0 spiro atoms. The number of anilines is 3. The SMILES string of the molecule is COc1cc(OC)cc(C(=O)Nc2cc(C(=O)N3c4ccc(F)cc4CCC3C)ccc2N2CC3CC(C2)c2cccc(=O)n2C3)c1. The fraction of sp³-hybridized carbons (Fsp3) is 0.324. The molecular weight excluding hydrogens is 599 g/mol. The van der Waals surface area contributed by atoms with E-state index in [2.05, 4.69) is 10.2 Å². The summed E-state index contributed by atoms with van der Waals surface area (Å²) in [4.78, 5) is 44.6. The van der Waals surface area contributed by atoms with Crippen LogP contribution in [-0.4, -0.2) is 49.7 Å². The smallest absolute Gasteiger partial charge is 0.258 e. The van der Waals surface area contributed by atoms with Crippen LogP contribution in [0.1, 0.15) is 57.7 Å². The number of methoxy groups -OCH3 is 2. The number of rotatable bonds is 6. The molecule has 3 unspecified atom stereocenters. The largest absolute Gasteiger partial charge is 0.497 e. The lowest BCUT2D eigenvalue weighted by molar-refractivity contribution is 0.0973. The molecule has 0 aliphatic carbocycles. The minimum absolute atomic E-state index is 0.0199. The molecule has 1 fully saturated rings. The highest BCUT2D eigenvalue weighted by Gasteiger charge is 2.36. The number of carbonyl (C=O) groups is 2. The van der Waals surface area contributed by atoms with Crippen LogP contribution in [0.2, 0.25) is 0 Å². The van der Waals surface area contributed by atoms with Gasteiger partial charge in [-0.1, -0.05) is 6.07 Å². The number of benzene rings is 3. The van der Waals surface area contributed by atoms with Gasteiger partial charge in [0.15, 0.2) is 0 Å². The van der Waals surface area contributed by atoms with Crippen molar-refractivity contribution in [2.24, 2.45) is 5.92 Å². The second kappa shape index (κ2) is 12.2. The van der Waals surface area contributed by atoms with Crippen LogP contribution in [0.5, 0.6) is 11.5 Å². The molecule has 3 aromatic carbocycles. The number of hydrogen-bond acceptors (Lipinski definition) is 6. The predicted molar refractivity (Wildman–Crippen MR) is 179 cm³/mol. The topological polar surface area (TPSA) is 93.1 Å². The van der Waals surface area contributed by atoms with Gasteiger partial charge < -0.3 is 29.2 Å². The second-order valence-electron chi connectivity index (χ2n) is 12.7. The summed E-state index contributed by atoms with van der Waals surface area (Å²) in [5, 5.41) is 3.09. The van der Waals surface area contributed by atoms with Crippen molar-refractivity contribution < 1.29 is 23.5 Å². The highest BCUT2D eigenvalue weighted by molar-refractivity contribution is 6.10. The van der Waals surface area contributed by atoms with Gasteiger partial charge in [-0.25, -0.2) is 4.39 Å². The number of amides is 2. The summed E-state index contributed by atoms with van der Waals surface area (Å²) in [7, 11) is 3.05. The zero-order chi connectivity index (χ0) is 32.8. The molecule has 7 rings (SSSR count). The molecular formula is C37H37FN4O5. The fourth-order valence-corrected chi connectivity index (χ4v) is 7.44. The molecule has 1 N–H and O–H groups in total. The molecule has 0 saturated carbocycles. The highest BCUT2D eigenvalue weighted by atomic mass is 19.1. The average Bonchev–Trinajstić information content (AvgIpc) is 3.08. The first kappa shape index (κ1) is 30.5. The Kier molecular flexibility index (Phi) is 7.95. The Hall–Kier alpha value is -5.12. The lowest BCUT2D eigenvalue weighted by Gasteiger charge is -2.44. The Bertz CT molecular complexity index is 1920. The molecule has 0 radical (unpaired) electrons. The first-order chi connectivity index (χ1) is 22.7. The fourth-order valence-electron chi connectivity index (χ4n) is 7.44. The zero-order valence-electron chi connectivity index (χ0n) is 26.7. The summed E-state index contributed by atoms with van der Waals surface area (Å²) in [6.45, 7) is 3.98. The van der Waals surface area contributed by atoms with Gasteiger partial charge in [0.25, 0.3) is 17.4 Å². The van der Waals surface area contributed by atoms with Gasteiger partial charge in [-0.15, -0.1) is 0 Å². The zero-order valence-corrected chi connectivity index (χ0v) is 26.7. The maximum Gasteiger partial charge on any atom is 0.258 e. The van der Waals surface area contributed by atoms with E-state index in [0.29, 0.717) is 66.5 Å². The number of hydrogen-bond donors (Lipinski definition) is 1. The van der Waals surface area contributed by atoms with Crippen LogP contribution in [0.3, 0.4) is 0 Å². The summed E-state index contributed by atoms with van der Waals surface area (Å²) in [6.07, 6.45) is 2.38. The highest BCUT2D eigenvalue weighted by Crippen LogP contribution is 2.40. The first-order valence-corrected chi connectivity index (χ1v) is 16.0. The number of nitrogens with zero attached hydrogens (tertiary/aromatic N) is 3. The van der Waals surface area contributed by atoms with Crippen molar-refractivity contribution in [3.05, 3.63) is 111 Å². The summed E-state index contributed by atoms with van der Waals surface area (Å²) < 4.78 is 26.8. The van der Waals surface area contributed by atoms with E-state index in [1.807, 2.05) is 29.7 Å². The lowest BCUT2D eigenvalue weighted by Crippen LogP contribution is -2.47. The third-order valence-corrected chi connectivity index (χ3v) is 9.72. The molecule has 10 heteroatoms. The summed E-state index contributed by atoms with van der Waals surface area (Å²) in [5.41, 5.74) is 4.58. The Morgan fingerprint density at radius 3 is 2.40 bits per heavy atom. The molecule has 1 aromatic heterocycles. The molecule has 47 heavy (non-hydrogen) atoms. The van der Waals surface area contributed by atoms with Gasteiger partial charge in [0.2, 0.25) is 0 Å². The van der Waals surface area contributed by atoms with E-state index < -0.39 is 0 Å². The van der Waals surface area contributed by atoms with E-state index in [4.69, 9.17) is 9.47 Å². The molecule has 3 aliphatic rings. The van der Waals surface area contributed by atoms with Crippen LogP contribution in [-0.2, 0) is 13.0 Å². The van der Waals surface area contributed by atoms with Crippen LogP contribution in [0.25, 0.3) is 0 Å². The normalized spacial score (nSPS) is 19.8. The second-order valence-corrected chi connectivity index (χ2v) is 12.7. The molecule has 3 aliphatic heterocycles. The minimum Gasteiger partial charge on any atom is -0.497 e. The van der Waals surface area contributed by atoms with Crippen LogP contribution in [0.4, 0.5) is 21.5 Å². The minimum atomic E-state index is -0.380. The number of halogens is 1. The Morgan fingerprint density at radius 1 is 0.872 bits per heavy atom. The van der Waals surface area contributed by atoms with Gasteiger partial charge >= 0.3 is 0 Å². The van der Waals surface area contributed by atoms with E-state index in [9.17, 15) is 18.8 Å². The lowest BCUT2D eigenvalue weighted by atomic mass is 9.83. The standard InChI is InChI=1S/C37H37FN4O5/c1-22-7-8-24-14-28(38)10-12-33(24)42(22)37(45)25-9-11-34(31(17-25)39-36(44)26-15-29(46-2)18-30(16-26)47-3)40-19-23-13-27(21-40)32-5-4-6-35(43)41(32)20-23/h4-6,9-12,14-18,22-23,27H,7-8,13,19-21H2,1-3H3,(H,39,44). The van der Waals surface area contributed by atoms with Crippen LogP contribution in [0.15, 0.2) is 77.6 Å². The van der Waals surface area contributed by atoms with Gasteiger partial charge in [-0.2, -0.15) is 0 Å². The van der Waals surface area contributed by atoms with Gasteiger partial charge in [-0.3, -0.25) is 14.4 Å². The van der Waals surface area contributed by atoms with E-state index in [-0.39, 0.29) is 41.1 Å². The monoisotopic (exact) mass is 636 g/mol. The predicted octanol–water partition coefficient (Wildman–Crippen LogP) is 5.86.